The van der Waals surface area contributed by atoms with Crippen molar-refractivity contribution >= 4 is 39.8 Å². The Morgan fingerprint density at radius 3 is 2.20 bits per heavy atom. The Kier molecular flexibility index (Phi) is 7.52. The highest BCUT2D eigenvalue weighted by molar-refractivity contribution is 8.01. The van der Waals surface area contributed by atoms with Crippen LogP contribution in [0.25, 0.3) is 0 Å². The number of hydrogen-bond acceptors (Lipinski definition) is 11. The van der Waals surface area contributed by atoms with E-state index in [2.05, 4.69) is 4.74 Å². The van der Waals surface area contributed by atoms with Crippen LogP contribution >= 0.6 is 11.8 Å². The molecule has 11 nitrogen and oxygen atoms in total. The van der Waals surface area contributed by atoms with E-state index in [4.69, 9.17) is 14.0 Å². The third kappa shape index (κ3) is 4.54. The zero-order chi connectivity index (χ0) is 26.7. The van der Waals surface area contributed by atoms with E-state index in [0.717, 1.165) is 6.92 Å². The van der Waals surface area contributed by atoms with Gasteiger partial charge in [-0.15, -0.1) is 11.8 Å². The van der Waals surface area contributed by atoms with E-state index in [9.17, 15) is 41.8 Å². The highest BCUT2D eigenvalue weighted by Crippen LogP contribution is 2.62. The molecule has 0 aromatic carbocycles. The highest BCUT2D eigenvalue weighted by atomic mass is 32.2. The van der Waals surface area contributed by atoms with Gasteiger partial charge in [0.1, 0.15) is 0 Å². The number of aliphatic hydroxyl groups excluding tert-OH is 1. The molecule has 9 unspecified atom stereocenters. The second-order valence-electron chi connectivity index (χ2n) is 9.13. The van der Waals surface area contributed by atoms with Gasteiger partial charge in [-0.05, 0) is 12.8 Å². The summed E-state index contributed by atoms with van der Waals surface area (Å²) in [5, 5.41) is 14.5. The summed E-state index contributed by atoms with van der Waals surface area (Å²) in [7, 11) is -6.08. The largest absolute Gasteiger partial charge is 0.457 e. The van der Waals surface area contributed by atoms with Crippen molar-refractivity contribution in [1.29, 1.82) is 0 Å². The second kappa shape index (κ2) is 9.39. The van der Waals surface area contributed by atoms with E-state index < -0.39 is 86.3 Å². The van der Waals surface area contributed by atoms with Gasteiger partial charge >= 0.3 is 33.3 Å². The number of rotatable bonds is 10. The molecule has 0 spiro atoms. The van der Waals surface area contributed by atoms with Gasteiger partial charge in [0.2, 0.25) is 0 Å². The van der Waals surface area contributed by atoms with E-state index in [1.54, 1.807) is 13.8 Å². The van der Waals surface area contributed by atoms with Crippen LogP contribution in [0.1, 0.15) is 40.5 Å². The lowest BCUT2D eigenvalue weighted by Gasteiger charge is -2.40. The number of ether oxygens (including phenoxy) is 3. The molecule has 0 aromatic rings. The standard InChI is InChI=1S/C20H28F2O11S2/c1-5-19(27,6-2)10-9-13-11(32-17(9)25)12(14(10)34-13)31-15(23)7(3)8(4)16(24)33-18(26)20(21,22)35(28,29)30/h7-14,18,26-27H,5-6H2,1-4H3,(H,28,29,30). The quantitative estimate of drug-likeness (QED) is 0.152. The molecule has 9 atom stereocenters. The second-order valence-corrected chi connectivity index (χ2v) is 12.0. The van der Waals surface area contributed by atoms with E-state index >= 15 is 0 Å². The number of halogens is 2. The van der Waals surface area contributed by atoms with Crippen molar-refractivity contribution in [1.82, 2.24) is 0 Å². The van der Waals surface area contributed by atoms with Gasteiger partial charge in [0.05, 0.1) is 33.9 Å². The van der Waals surface area contributed by atoms with E-state index in [1.165, 1.54) is 18.7 Å². The summed E-state index contributed by atoms with van der Waals surface area (Å²) in [6.07, 6.45) is -4.42. The van der Waals surface area contributed by atoms with Gasteiger partial charge in [-0.1, -0.05) is 27.7 Å². The summed E-state index contributed by atoms with van der Waals surface area (Å²) in [4.78, 5) is 37.5. The summed E-state index contributed by atoms with van der Waals surface area (Å²) >= 11 is 1.40. The summed E-state index contributed by atoms with van der Waals surface area (Å²) in [6.45, 7) is 5.92. The maximum Gasteiger partial charge on any atom is 0.430 e. The smallest absolute Gasteiger partial charge is 0.430 e. The Hall–Kier alpha value is -1.55. The van der Waals surface area contributed by atoms with E-state index in [-0.39, 0.29) is 5.25 Å². The molecule has 2 bridgehead atoms. The molecule has 3 saturated heterocycles. The molecule has 0 aromatic heterocycles. The predicted octanol–water partition coefficient (Wildman–Crippen LogP) is 0.719. The van der Waals surface area contributed by atoms with Crippen molar-refractivity contribution in [3.05, 3.63) is 0 Å². The van der Waals surface area contributed by atoms with Gasteiger partial charge in [0, 0.05) is 5.92 Å². The van der Waals surface area contributed by atoms with Crippen molar-refractivity contribution in [2.75, 3.05) is 0 Å². The Morgan fingerprint density at radius 1 is 1.14 bits per heavy atom. The molecule has 0 saturated carbocycles. The number of alkyl halides is 2. The maximum atomic E-state index is 13.5. The molecule has 15 heteroatoms. The van der Waals surface area contributed by atoms with Gasteiger partial charge in [-0.3, -0.25) is 18.9 Å². The fourth-order valence-corrected chi connectivity index (χ4v) is 7.32. The molecule has 0 amide bonds. The van der Waals surface area contributed by atoms with Crippen LogP contribution in [0.15, 0.2) is 0 Å². The summed E-state index contributed by atoms with van der Waals surface area (Å²) in [6, 6.07) is 0. The summed E-state index contributed by atoms with van der Waals surface area (Å²) in [5.74, 6) is -6.77. The number of carbonyl (C=O) groups is 3. The first-order valence-corrected chi connectivity index (χ1v) is 13.4. The van der Waals surface area contributed by atoms with Crippen LogP contribution < -0.4 is 0 Å². The molecular weight excluding hydrogens is 518 g/mol. The summed E-state index contributed by atoms with van der Waals surface area (Å²) < 4.78 is 71.9. The molecule has 3 rings (SSSR count). The lowest BCUT2D eigenvalue weighted by atomic mass is 9.67. The highest BCUT2D eigenvalue weighted by Gasteiger charge is 2.72. The molecule has 35 heavy (non-hydrogen) atoms. The maximum absolute atomic E-state index is 13.5. The zero-order valence-electron chi connectivity index (χ0n) is 19.3. The summed E-state index contributed by atoms with van der Waals surface area (Å²) in [5.41, 5.74) is -1.19. The van der Waals surface area contributed by atoms with Crippen molar-refractivity contribution in [2.45, 2.75) is 80.4 Å². The Morgan fingerprint density at radius 2 is 1.69 bits per heavy atom. The minimum Gasteiger partial charge on any atom is -0.457 e. The molecule has 3 heterocycles. The molecule has 3 N–H and O–H groups in total. The number of aliphatic hydroxyl groups is 2. The fourth-order valence-electron chi connectivity index (χ4n) is 4.88. The average Bonchev–Trinajstić information content (AvgIpc) is 3.40. The minimum atomic E-state index is -6.08. The number of hydrogen-bond donors (Lipinski definition) is 3. The van der Waals surface area contributed by atoms with Crippen LogP contribution in [0.5, 0.6) is 0 Å². The van der Waals surface area contributed by atoms with Gasteiger partial charge in [-0.25, -0.2) is 0 Å². The van der Waals surface area contributed by atoms with Crippen LogP contribution in [0.2, 0.25) is 0 Å². The Balaban J connectivity index is 1.70. The van der Waals surface area contributed by atoms with Crippen LogP contribution in [0.4, 0.5) is 8.78 Å². The van der Waals surface area contributed by atoms with Crippen LogP contribution in [0.3, 0.4) is 0 Å². The normalized spacial score (nSPS) is 32.7. The number of thioether (sulfide) groups is 1. The third-order valence-corrected chi connectivity index (χ3v) is 10.00. The molecule has 3 aliphatic rings. The van der Waals surface area contributed by atoms with Gasteiger partial charge < -0.3 is 24.4 Å². The predicted molar refractivity (Wildman–Crippen MR) is 114 cm³/mol. The first kappa shape index (κ1) is 28.0. The minimum absolute atomic E-state index is 0.310. The topological polar surface area (TPSA) is 174 Å². The fraction of sp³-hybridized carbons (Fsp3) is 0.850. The van der Waals surface area contributed by atoms with E-state index in [1.807, 2.05) is 0 Å². The first-order valence-electron chi connectivity index (χ1n) is 11.0. The zero-order valence-corrected chi connectivity index (χ0v) is 20.9. The molecule has 200 valence electrons. The number of fused-ring (bicyclic) bond motifs is 1. The van der Waals surface area contributed by atoms with Crippen LogP contribution in [-0.2, 0) is 38.7 Å². The van der Waals surface area contributed by atoms with Gasteiger partial charge in [0.25, 0.3) is 6.29 Å². The Labute approximate surface area is 204 Å². The molecular formula is C20H28F2O11S2. The molecule has 3 aliphatic heterocycles. The van der Waals surface area contributed by atoms with E-state index in [0.29, 0.717) is 12.8 Å². The van der Waals surface area contributed by atoms with Crippen molar-refractivity contribution < 1.29 is 60.6 Å². The van der Waals surface area contributed by atoms with Crippen molar-refractivity contribution in [2.24, 2.45) is 23.7 Å². The Bertz CT molecular complexity index is 984. The van der Waals surface area contributed by atoms with Crippen LogP contribution in [-0.4, -0.2) is 80.9 Å². The first-order chi connectivity index (χ1) is 16.0. The average molecular weight is 547 g/mol. The lowest BCUT2D eigenvalue weighted by molar-refractivity contribution is -0.210. The molecule has 0 radical (unpaired) electrons. The SMILES string of the molecule is CCC(O)(CC)C1C2SC3C(OC(=O)C31)C2OC(=O)C(C)C(C)C(=O)OC(O)C(F)(F)S(=O)(=O)O. The monoisotopic (exact) mass is 546 g/mol. The lowest BCUT2D eigenvalue weighted by Crippen LogP contribution is -2.54. The van der Waals surface area contributed by atoms with Crippen molar-refractivity contribution in [3.63, 3.8) is 0 Å². The van der Waals surface area contributed by atoms with Crippen LogP contribution in [0, 0.1) is 23.7 Å². The van der Waals surface area contributed by atoms with Crippen molar-refractivity contribution in [3.8, 4) is 0 Å². The third-order valence-electron chi connectivity index (χ3n) is 7.35. The molecule has 3 fully saturated rings. The van der Waals surface area contributed by atoms with Gasteiger partial charge in [-0.2, -0.15) is 17.2 Å². The number of carbonyl (C=O) groups excluding carboxylic acids is 3. The van der Waals surface area contributed by atoms with Gasteiger partial charge in [0.15, 0.2) is 12.2 Å². The molecule has 0 aliphatic carbocycles. The number of esters is 3.